The molecule has 148 valence electrons. The van der Waals surface area contributed by atoms with E-state index in [4.69, 9.17) is 0 Å². The highest BCUT2D eigenvalue weighted by atomic mass is 32.1. The molecule has 0 aliphatic carbocycles. The molecule has 2 aromatic carbocycles. The Morgan fingerprint density at radius 2 is 1.69 bits per heavy atom. The number of pyridine rings is 1. The molecule has 0 fully saturated rings. The number of benzene rings is 2. The van der Waals surface area contributed by atoms with Crippen molar-refractivity contribution in [2.24, 2.45) is 0 Å². The summed E-state index contributed by atoms with van der Waals surface area (Å²) in [4.78, 5) is 4.39. The van der Waals surface area contributed by atoms with Gasteiger partial charge in [-0.2, -0.15) is 17.5 Å². The summed E-state index contributed by atoms with van der Waals surface area (Å²) in [5, 5.41) is 6.46. The first-order valence-electron chi connectivity index (χ1n) is 8.88. The van der Waals surface area contributed by atoms with Crippen molar-refractivity contribution in [3.63, 3.8) is 0 Å². The Balaban J connectivity index is 1.53. The lowest BCUT2D eigenvalue weighted by molar-refractivity contribution is -0.137. The number of anilines is 3. The molecule has 0 bridgehead atoms. The normalized spacial score (nSPS) is 11.6. The molecule has 0 radical (unpaired) electrons. The molecule has 0 spiro atoms. The number of halogens is 3. The van der Waals surface area contributed by atoms with Crippen molar-refractivity contribution in [3.8, 4) is 0 Å². The van der Waals surface area contributed by atoms with Crippen LogP contribution in [-0.4, -0.2) is 9.36 Å². The molecule has 0 amide bonds. The van der Waals surface area contributed by atoms with Crippen molar-refractivity contribution >= 4 is 38.9 Å². The summed E-state index contributed by atoms with van der Waals surface area (Å²) in [6.07, 6.45) is -2.67. The van der Waals surface area contributed by atoms with Crippen LogP contribution in [0.25, 0.3) is 10.2 Å². The molecule has 4 nitrogen and oxygen atoms in total. The first kappa shape index (κ1) is 19.2. The predicted octanol–water partition coefficient (Wildman–Crippen LogP) is 6.37. The average molecular weight is 414 g/mol. The lowest BCUT2D eigenvalue weighted by atomic mass is 10.1. The largest absolute Gasteiger partial charge is 0.416 e. The SMILES string of the molecule is Cc1ccc(CNc2ccnc3c(Nc4ccc(C(F)(F)F)cc4)nsc23)cc1. The Kier molecular flexibility index (Phi) is 5.10. The third-order valence-electron chi connectivity index (χ3n) is 4.44. The van der Waals surface area contributed by atoms with E-state index in [1.807, 2.05) is 13.0 Å². The van der Waals surface area contributed by atoms with Gasteiger partial charge in [0.15, 0.2) is 5.82 Å². The van der Waals surface area contributed by atoms with Crippen LogP contribution in [0.3, 0.4) is 0 Å². The highest BCUT2D eigenvalue weighted by molar-refractivity contribution is 7.14. The zero-order valence-electron chi connectivity index (χ0n) is 15.4. The minimum absolute atomic E-state index is 0.517. The van der Waals surface area contributed by atoms with Gasteiger partial charge in [-0.3, -0.25) is 4.98 Å². The molecule has 8 heteroatoms. The van der Waals surface area contributed by atoms with E-state index in [0.717, 1.165) is 28.1 Å². The number of rotatable bonds is 5. The fourth-order valence-corrected chi connectivity index (χ4v) is 3.64. The van der Waals surface area contributed by atoms with Gasteiger partial charge in [-0.05, 0) is 54.4 Å². The molecule has 0 aliphatic rings. The molecule has 4 rings (SSSR count). The molecular weight excluding hydrogens is 397 g/mol. The summed E-state index contributed by atoms with van der Waals surface area (Å²) >= 11 is 1.29. The van der Waals surface area contributed by atoms with Crippen molar-refractivity contribution in [2.75, 3.05) is 10.6 Å². The zero-order valence-corrected chi connectivity index (χ0v) is 16.2. The molecule has 0 saturated heterocycles. The van der Waals surface area contributed by atoms with Crippen LogP contribution in [0.4, 0.5) is 30.4 Å². The van der Waals surface area contributed by atoms with Crippen LogP contribution < -0.4 is 10.6 Å². The van der Waals surface area contributed by atoms with E-state index in [9.17, 15) is 13.2 Å². The van der Waals surface area contributed by atoms with Gasteiger partial charge in [-0.15, -0.1) is 0 Å². The van der Waals surface area contributed by atoms with Crippen LogP contribution in [0.15, 0.2) is 60.8 Å². The third kappa shape index (κ3) is 4.32. The van der Waals surface area contributed by atoms with E-state index in [1.165, 1.54) is 29.2 Å². The third-order valence-corrected chi connectivity index (χ3v) is 5.31. The number of hydrogen-bond donors (Lipinski definition) is 2. The Morgan fingerprint density at radius 3 is 2.38 bits per heavy atom. The number of nitrogens with one attached hydrogen (secondary N) is 2. The summed E-state index contributed by atoms with van der Waals surface area (Å²) in [6.45, 7) is 2.71. The van der Waals surface area contributed by atoms with Crippen LogP contribution in [0.2, 0.25) is 0 Å². The summed E-state index contributed by atoms with van der Waals surface area (Å²) in [6, 6.07) is 15.0. The first-order valence-corrected chi connectivity index (χ1v) is 9.65. The summed E-state index contributed by atoms with van der Waals surface area (Å²) in [5.74, 6) is 0.517. The van der Waals surface area contributed by atoms with Gasteiger partial charge in [0.25, 0.3) is 0 Å². The van der Waals surface area contributed by atoms with E-state index in [-0.39, 0.29) is 0 Å². The van der Waals surface area contributed by atoms with Crippen LogP contribution >= 0.6 is 11.5 Å². The van der Waals surface area contributed by atoms with Crippen LogP contribution in [-0.2, 0) is 12.7 Å². The van der Waals surface area contributed by atoms with Crippen molar-refractivity contribution in [2.45, 2.75) is 19.6 Å². The molecule has 2 aromatic heterocycles. The highest BCUT2D eigenvalue weighted by Gasteiger charge is 2.30. The second-order valence-corrected chi connectivity index (χ2v) is 7.38. The predicted molar refractivity (Wildman–Crippen MR) is 111 cm³/mol. The van der Waals surface area contributed by atoms with E-state index >= 15 is 0 Å². The minimum atomic E-state index is -4.36. The Hall–Kier alpha value is -3.13. The Labute approximate surface area is 169 Å². The maximum Gasteiger partial charge on any atom is 0.416 e. The molecule has 2 N–H and O–H groups in total. The van der Waals surface area contributed by atoms with Gasteiger partial charge in [-0.1, -0.05) is 29.8 Å². The molecule has 2 heterocycles. The van der Waals surface area contributed by atoms with Crippen molar-refractivity contribution in [3.05, 3.63) is 77.5 Å². The molecular formula is C21H17F3N4S. The summed E-state index contributed by atoms with van der Waals surface area (Å²) in [7, 11) is 0. The quantitative estimate of drug-likeness (QED) is 0.398. The van der Waals surface area contributed by atoms with Crippen LogP contribution in [0.1, 0.15) is 16.7 Å². The van der Waals surface area contributed by atoms with Gasteiger partial charge < -0.3 is 10.6 Å². The molecule has 0 saturated carbocycles. The number of alkyl halides is 3. The second kappa shape index (κ2) is 7.71. The van der Waals surface area contributed by atoms with Crippen LogP contribution in [0, 0.1) is 6.92 Å². The van der Waals surface area contributed by atoms with E-state index < -0.39 is 11.7 Å². The summed E-state index contributed by atoms with van der Waals surface area (Å²) in [5.41, 5.74) is 3.78. The maximum absolute atomic E-state index is 12.7. The summed E-state index contributed by atoms with van der Waals surface area (Å²) < 4.78 is 43.4. The topological polar surface area (TPSA) is 49.8 Å². The smallest absolute Gasteiger partial charge is 0.380 e. The lowest BCUT2D eigenvalue weighted by Gasteiger charge is -2.09. The standard InChI is InChI=1S/C21H17F3N4S/c1-13-2-4-14(5-3-13)12-26-17-10-11-25-18-19(17)29-28-20(18)27-16-8-6-15(7-9-16)21(22,23)24/h2-11H,12H2,1H3,(H,25,26)(H,27,28). The number of hydrogen-bond acceptors (Lipinski definition) is 5. The fourth-order valence-electron chi connectivity index (χ4n) is 2.85. The van der Waals surface area contributed by atoms with E-state index in [1.54, 1.807) is 6.20 Å². The van der Waals surface area contributed by atoms with Gasteiger partial charge in [-0.25, -0.2) is 0 Å². The maximum atomic E-state index is 12.7. The molecule has 4 aromatic rings. The fraction of sp³-hybridized carbons (Fsp3) is 0.143. The zero-order chi connectivity index (χ0) is 20.4. The monoisotopic (exact) mass is 414 g/mol. The minimum Gasteiger partial charge on any atom is -0.380 e. The van der Waals surface area contributed by atoms with Crippen LogP contribution in [0.5, 0.6) is 0 Å². The van der Waals surface area contributed by atoms with Crippen molar-refractivity contribution in [1.82, 2.24) is 9.36 Å². The number of aromatic nitrogens is 2. The lowest BCUT2D eigenvalue weighted by Crippen LogP contribution is -2.04. The van der Waals surface area contributed by atoms with E-state index in [0.29, 0.717) is 23.6 Å². The number of aryl methyl sites for hydroxylation is 1. The Bertz CT molecular complexity index is 1120. The Morgan fingerprint density at radius 1 is 0.966 bits per heavy atom. The van der Waals surface area contributed by atoms with Crippen molar-refractivity contribution in [1.29, 1.82) is 0 Å². The van der Waals surface area contributed by atoms with E-state index in [2.05, 4.69) is 44.3 Å². The first-order chi connectivity index (χ1) is 13.9. The highest BCUT2D eigenvalue weighted by Crippen LogP contribution is 2.34. The number of fused-ring (bicyclic) bond motifs is 1. The molecule has 29 heavy (non-hydrogen) atoms. The van der Waals surface area contributed by atoms with Gasteiger partial charge in [0.2, 0.25) is 0 Å². The van der Waals surface area contributed by atoms with Gasteiger partial charge in [0.05, 0.1) is 16.0 Å². The van der Waals surface area contributed by atoms with Gasteiger partial charge in [0.1, 0.15) is 5.52 Å². The molecule has 0 atom stereocenters. The average Bonchev–Trinajstić information content (AvgIpc) is 3.11. The van der Waals surface area contributed by atoms with Crippen molar-refractivity contribution < 1.29 is 13.2 Å². The molecule has 0 unspecified atom stereocenters. The van der Waals surface area contributed by atoms with Gasteiger partial charge >= 0.3 is 6.18 Å². The molecule has 0 aliphatic heterocycles. The second-order valence-electron chi connectivity index (χ2n) is 6.61. The number of nitrogens with zero attached hydrogens (tertiary/aromatic N) is 2. The van der Waals surface area contributed by atoms with Gasteiger partial charge in [0, 0.05) is 18.4 Å².